The highest BCUT2D eigenvalue weighted by atomic mass is 19.4. The van der Waals surface area contributed by atoms with Crippen LogP contribution in [0.3, 0.4) is 0 Å². The lowest BCUT2D eigenvalue weighted by Crippen LogP contribution is -2.05. The third-order valence-electron chi connectivity index (χ3n) is 5.14. The number of aliphatic imine (C=N–C) groups is 1. The molecule has 0 atom stereocenters. The second-order valence-corrected chi connectivity index (χ2v) is 6.94. The van der Waals surface area contributed by atoms with Crippen molar-refractivity contribution in [2.45, 2.75) is 6.18 Å². The molecule has 0 aliphatic heterocycles. The van der Waals surface area contributed by atoms with E-state index in [9.17, 15) is 18.4 Å². The van der Waals surface area contributed by atoms with Crippen LogP contribution in [0.5, 0.6) is 0 Å². The smallest absolute Gasteiger partial charge is 0.404 e. The second-order valence-electron chi connectivity index (χ2n) is 6.94. The second kappa shape index (κ2) is 7.65. The Balaban J connectivity index is 2.06. The molecule has 4 nitrogen and oxygen atoms in total. The molecule has 154 valence electrons. The number of fused-ring (bicyclic) bond motifs is 3. The molecule has 0 saturated carbocycles. The molecule has 0 spiro atoms. The van der Waals surface area contributed by atoms with E-state index in [1.165, 1.54) is 12.3 Å². The minimum Gasteiger partial charge on any atom is -0.404 e. The van der Waals surface area contributed by atoms with E-state index < -0.39 is 11.7 Å². The fourth-order valence-corrected chi connectivity index (χ4v) is 3.76. The van der Waals surface area contributed by atoms with Crippen LogP contribution in [-0.2, 0) is 6.18 Å². The third-order valence-corrected chi connectivity index (χ3v) is 5.14. The summed E-state index contributed by atoms with van der Waals surface area (Å²) in [4.78, 5) is 3.96. The van der Waals surface area contributed by atoms with Gasteiger partial charge >= 0.3 is 6.18 Å². The fraction of sp³-hybridized carbons (Fsp3) is 0.0833. The van der Waals surface area contributed by atoms with Crippen LogP contribution < -0.4 is 5.73 Å². The summed E-state index contributed by atoms with van der Waals surface area (Å²) in [6.45, 7) is 0. The van der Waals surface area contributed by atoms with Gasteiger partial charge in [-0.05, 0) is 35.9 Å². The van der Waals surface area contributed by atoms with Crippen LogP contribution in [0, 0.1) is 11.3 Å². The first-order valence-electron chi connectivity index (χ1n) is 9.38. The summed E-state index contributed by atoms with van der Waals surface area (Å²) >= 11 is 0. The first-order chi connectivity index (χ1) is 14.9. The van der Waals surface area contributed by atoms with E-state index >= 15 is 0 Å². The van der Waals surface area contributed by atoms with Gasteiger partial charge in [0.05, 0.1) is 27.8 Å². The SMILES string of the molecule is CN=CC(=CN)c1ccc(-n2c3ccccc3c3ccc(C(F)(F)F)cc32)c(C#N)c1. The summed E-state index contributed by atoms with van der Waals surface area (Å²) in [5.41, 5.74) is 8.13. The lowest BCUT2D eigenvalue weighted by atomic mass is 10.0. The summed E-state index contributed by atoms with van der Waals surface area (Å²) < 4.78 is 41.9. The van der Waals surface area contributed by atoms with Crippen LogP contribution >= 0.6 is 0 Å². The number of aromatic nitrogens is 1. The van der Waals surface area contributed by atoms with Crippen LogP contribution in [0.2, 0.25) is 0 Å². The van der Waals surface area contributed by atoms with Gasteiger partial charge in [0.25, 0.3) is 0 Å². The molecule has 0 bridgehead atoms. The van der Waals surface area contributed by atoms with Crippen molar-refractivity contribution in [2.24, 2.45) is 10.7 Å². The van der Waals surface area contributed by atoms with Gasteiger partial charge in [-0.2, -0.15) is 18.4 Å². The molecule has 31 heavy (non-hydrogen) atoms. The average Bonchev–Trinajstić information content (AvgIpc) is 3.10. The Morgan fingerprint density at radius 3 is 2.45 bits per heavy atom. The van der Waals surface area contributed by atoms with Crippen LogP contribution in [-0.4, -0.2) is 17.8 Å². The maximum Gasteiger partial charge on any atom is 0.416 e. The molecule has 2 N–H and O–H groups in total. The minimum atomic E-state index is -4.47. The first kappa shape index (κ1) is 20.2. The number of para-hydroxylation sites is 1. The van der Waals surface area contributed by atoms with Gasteiger partial charge in [-0.15, -0.1) is 0 Å². The van der Waals surface area contributed by atoms with Crippen LogP contribution in [0.1, 0.15) is 16.7 Å². The number of hydrogen-bond acceptors (Lipinski definition) is 3. The van der Waals surface area contributed by atoms with Gasteiger partial charge in [0.2, 0.25) is 0 Å². The van der Waals surface area contributed by atoms with E-state index in [4.69, 9.17) is 5.73 Å². The quantitative estimate of drug-likeness (QED) is 0.435. The van der Waals surface area contributed by atoms with Gasteiger partial charge in [0, 0.05) is 35.8 Å². The molecule has 0 aliphatic carbocycles. The van der Waals surface area contributed by atoms with E-state index in [1.807, 2.05) is 24.3 Å². The van der Waals surface area contributed by atoms with Crippen molar-refractivity contribution in [3.63, 3.8) is 0 Å². The highest BCUT2D eigenvalue weighted by molar-refractivity contribution is 6.11. The summed E-state index contributed by atoms with van der Waals surface area (Å²) in [6.07, 6.45) is -1.51. The normalized spacial score (nSPS) is 12.7. The molecule has 0 fully saturated rings. The number of allylic oxidation sites excluding steroid dienone is 1. The zero-order valence-corrected chi connectivity index (χ0v) is 16.5. The molecule has 1 heterocycles. The zero-order chi connectivity index (χ0) is 22.2. The summed E-state index contributed by atoms with van der Waals surface area (Å²) in [5, 5.41) is 11.3. The predicted octanol–water partition coefficient (Wildman–Crippen LogP) is 5.67. The van der Waals surface area contributed by atoms with Crippen molar-refractivity contribution in [1.29, 1.82) is 5.26 Å². The number of halogens is 3. The maximum atomic E-state index is 13.4. The van der Waals surface area contributed by atoms with Crippen LogP contribution in [0.25, 0.3) is 33.1 Å². The van der Waals surface area contributed by atoms with E-state index in [2.05, 4.69) is 11.1 Å². The highest BCUT2D eigenvalue weighted by Crippen LogP contribution is 2.37. The molecule has 1 aromatic heterocycles. The predicted molar refractivity (Wildman–Crippen MR) is 117 cm³/mol. The monoisotopic (exact) mass is 418 g/mol. The molecule has 4 rings (SSSR count). The molecule has 0 unspecified atom stereocenters. The van der Waals surface area contributed by atoms with Crippen LogP contribution in [0.15, 0.2) is 71.9 Å². The van der Waals surface area contributed by atoms with Crippen molar-refractivity contribution >= 4 is 33.6 Å². The van der Waals surface area contributed by atoms with Crippen molar-refractivity contribution in [1.82, 2.24) is 4.57 Å². The molecular weight excluding hydrogens is 401 g/mol. The first-order valence-corrected chi connectivity index (χ1v) is 9.38. The topological polar surface area (TPSA) is 67.1 Å². The number of nitrogens with zero attached hydrogens (tertiary/aromatic N) is 3. The van der Waals surface area contributed by atoms with Gasteiger partial charge in [-0.1, -0.05) is 30.3 Å². The van der Waals surface area contributed by atoms with E-state index in [0.717, 1.165) is 17.5 Å². The third kappa shape index (κ3) is 3.42. The number of nitrogens with two attached hydrogens (primary N) is 1. The van der Waals surface area contributed by atoms with Crippen molar-refractivity contribution < 1.29 is 13.2 Å². The minimum absolute atomic E-state index is 0.307. The number of nitriles is 1. The Morgan fingerprint density at radius 2 is 1.77 bits per heavy atom. The largest absolute Gasteiger partial charge is 0.416 e. The lowest BCUT2D eigenvalue weighted by Gasteiger charge is -2.13. The van der Waals surface area contributed by atoms with Crippen molar-refractivity contribution in [3.05, 3.63) is 83.6 Å². The van der Waals surface area contributed by atoms with Gasteiger partial charge in [-0.25, -0.2) is 0 Å². The summed E-state index contributed by atoms with van der Waals surface area (Å²) in [7, 11) is 1.61. The molecule has 0 amide bonds. The van der Waals surface area contributed by atoms with Crippen LogP contribution in [0.4, 0.5) is 13.2 Å². The summed E-state index contributed by atoms with van der Waals surface area (Å²) in [5.74, 6) is 0. The Labute approximate surface area is 176 Å². The molecule has 7 heteroatoms. The van der Waals surface area contributed by atoms with Gasteiger partial charge < -0.3 is 10.3 Å². The van der Waals surface area contributed by atoms with Gasteiger partial charge in [0.15, 0.2) is 0 Å². The average molecular weight is 418 g/mol. The van der Waals surface area contributed by atoms with E-state index in [-0.39, 0.29) is 0 Å². The number of hydrogen-bond donors (Lipinski definition) is 1. The van der Waals surface area contributed by atoms with Gasteiger partial charge in [-0.3, -0.25) is 4.99 Å². The number of rotatable bonds is 3. The van der Waals surface area contributed by atoms with E-state index in [0.29, 0.717) is 38.8 Å². The Morgan fingerprint density at radius 1 is 1.03 bits per heavy atom. The Kier molecular flexibility index (Phi) is 4.99. The Hall–Kier alpha value is -4.05. The molecule has 4 aromatic rings. The van der Waals surface area contributed by atoms with E-state index in [1.54, 1.807) is 36.0 Å². The molecule has 3 aromatic carbocycles. The standard InChI is InChI=1S/C24H17F3N4/c1-30-14-17(13-29)15-6-9-21(16(10-15)12-28)31-22-5-3-2-4-19(22)20-8-7-18(11-23(20)31)24(25,26)27/h2-11,13-14H,29H2,1H3. The molecule has 0 radical (unpaired) electrons. The lowest BCUT2D eigenvalue weighted by molar-refractivity contribution is -0.137. The summed E-state index contributed by atoms with van der Waals surface area (Å²) in [6, 6.07) is 18.3. The highest BCUT2D eigenvalue weighted by Gasteiger charge is 2.31. The number of alkyl halides is 3. The maximum absolute atomic E-state index is 13.4. The van der Waals surface area contributed by atoms with Gasteiger partial charge in [0.1, 0.15) is 6.07 Å². The molecular formula is C24H17F3N4. The van der Waals surface area contributed by atoms with Crippen molar-refractivity contribution in [2.75, 3.05) is 7.05 Å². The van der Waals surface area contributed by atoms with Crippen molar-refractivity contribution in [3.8, 4) is 11.8 Å². The zero-order valence-electron chi connectivity index (χ0n) is 16.5. The molecule has 0 saturated heterocycles. The number of benzene rings is 3. The molecule has 0 aliphatic rings. The Bertz CT molecular complexity index is 1400. The fourth-order valence-electron chi connectivity index (χ4n) is 3.76.